The van der Waals surface area contributed by atoms with Crippen molar-refractivity contribution in [1.29, 1.82) is 0 Å². The number of rotatable bonds is 7. The number of fused-ring (bicyclic) bond motifs is 10. The molecule has 8 unspecified atom stereocenters. The normalized spacial score (nSPS) is 31.1. The quantitative estimate of drug-likeness (QED) is 0.0710. The lowest BCUT2D eigenvalue weighted by Crippen LogP contribution is -2.49. The van der Waals surface area contributed by atoms with E-state index in [0.717, 1.165) is 25.7 Å². The molecule has 6 aliphatic rings. The highest BCUT2D eigenvalue weighted by Gasteiger charge is 2.64. The van der Waals surface area contributed by atoms with Crippen LogP contribution in [-0.2, 0) is 39.7 Å². The highest BCUT2D eigenvalue weighted by atomic mass is 127. The van der Waals surface area contributed by atoms with Gasteiger partial charge in [-0.15, -0.1) is 45.3 Å². The van der Waals surface area contributed by atoms with Crippen LogP contribution in [0.1, 0.15) is 45.2 Å². The molecule has 11 nitrogen and oxygen atoms in total. The first kappa shape index (κ1) is 42.8. The van der Waals surface area contributed by atoms with Crippen LogP contribution in [0.5, 0.6) is 0 Å². The minimum atomic E-state index is -1.72. The summed E-state index contributed by atoms with van der Waals surface area (Å²) in [6.45, 7) is 0. The second-order valence-electron chi connectivity index (χ2n) is 14.2. The van der Waals surface area contributed by atoms with E-state index in [2.05, 4.69) is 51.2 Å². The molecule has 16 heteroatoms. The van der Waals surface area contributed by atoms with Crippen LogP contribution in [0.3, 0.4) is 0 Å². The zero-order valence-electron chi connectivity index (χ0n) is 31.2. The summed E-state index contributed by atoms with van der Waals surface area (Å²) >= 11 is 7.54. The highest BCUT2D eigenvalue weighted by molar-refractivity contribution is 14.1. The third-order valence-electron chi connectivity index (χ3n) is 11.3. The van der Waals surface area contributed by atoms with Crippen molar-refractivity contribution >= 4 is 79.9 Å². The number of hydrogen-bond donors (Lipinski definition) is 3. The first-order valence-corrected chi connectivity index (χ1v) is 23.4. The van der Waals surface area contributed by atoms with Gasteiger partial charge in [0, 0.05) is 37.0 Å². The van der Waals surface area contributed by atoms with Crippen molar-refractivity contribution in [2.24, 2.45) is 0 Å². The topological polar surface area (TPSA) is 145 Å². The predicted molar refractivity (Wildman–Crippen MR) is 224 cm³/mol. The summed E-state index contributed by atoms with van der Waals surface area (Å²) in [5.74, 6) is -1.22. The summed E-state index contributed by atoms with van der Waals surface area (Å²) in [5.41, 5.74) is -3.39. The molecular weight excluding hydrogens is 896 g/mol. The average molecular weight is 944 g/mol. The molecule has 6 fully saturated rings. The van der Waals surface area contributed by atoms with Crippen LogP contribution in [-0.4, -0.2) is 124 Å². The summed E-state index contributed by atoms with van der Waals surface area (Å²) in [6, 6.07) is 15.9. The minimum absolute atomic E-state index is 0. The molecule has 0 aromatic carbocycles. The molecule has 300 valence electrons. The van der Waals surface area contributed by atoms with Gasteiger partial charge >= 0.3 is 11.9 Å². The standard InChI is InChI=1S/C18H19NO4S2.C11H10O3S2.C8H13NO2.CH3I.CH3/c1-19-11-8-10(9-12(19)16-15(11)23-16)22-17(20)18(21,13-4-2-6-24-13)14-5-3-7-25-14;1-14-10(12)11(13,8-4-2-6-15-8)9-5-3-7-16-9;1-9-5-2-4(10)3-6(9)8-7(5)11-8;1-2;/h2-7,10-12,15-16,21H,8-9H2,1H3;2-7,13H,1H3;4-8,10H,2-3H2,1H3;1H3;1H3/q;;;;-1. The van der Waals surface area contributed by atoms with Crippen molar-refractivity contribution < 1.29 is 43.9 Å². The van der Waals surface area contributed by atoms with Gasteiger partial charge in [-0.05, 0) is 77.7 Å². The maximum atomic E-state index is 13.0. The maximum absolute atomic E-state index is 13.0. The summed E-state index contributed by atoms with van der Waals surface area (Å²) < 4.78 is 21.7. The molecule has 55 heavy (non-hydrogen) atoms. The lowest BCUT2D eigenvalue weighted by Gasteiger charge is -2.38. The van der Waals surface area contributed by atoms with E-state index in [1.807, 2.05) is 38.6 Å². The summed E-state index contributed by atoms with van der Waals surface area (Å²) in [7, 11) is 5.54. The monoisotopic (exact) mass is 943 g/mol. The number of hydrogen-bond acceptors (Lipinski definition) is 15. The first-order valence-electron chi connectivity index (χ1n) is 17.8. The van der Waals surface area contributed by atoms with Crippen molar-refractivity contribution in [3.8, 4) is 0 Å². The number of morpholine rings is 2. The summed E-state index contributed by atoms with van der Waals surface area (Å²) in [4.78, 5) is 33.9. The highest BCUT2D eigenvalue weighted by Crippen LogP contribution is 2.49. The molecule has 0 amide bonds. The van der Waals surface area contributed by atoms with Crippen molar-refractivity contribution in [2.45, 2.75) is 97.7 Å². The Kier molecular flexibility index (Phi) is 13.7. The zero-order chi connectivity index (χ0) is 38.4. The smallest absolute Gasteiger partial charge is 0.349 e. The molecule has 0 saturated carbocycles. The van der Waals surface area contributed by atoms with Gasteiger partial charge in [-0.25, -0.2) is 9.59 Å². The van der Waals surface area contributed by atoms with Gasteiger partial charge < -0.3 is 41.7 Å². The van der Waals surface area contributed by atoms with Crippen molar-refractivity contribution in [3.05, 3.63) is 97.0 Å². The van der Waals surface area contributed by atoms with E-state index in [9.17, 15) is 24.9 Å². The fourth-order valence-corrected chi connectivity index (χ4v) is 11.9. The first-order chi connectivity index (χ1) is 26.0. The number of ether oxygens (including phenoxy) is 4. The Morgan fingerprint density at radius 2 is 1.00 bits per heavy atom. The maximum Gasteiger partial charge on any atom is 0.349 e. The molecule has 10 rings (SSSR count). The minimum Gasteiger partial charge on any atom is -0.466 e. The van der Waals surface area contributed by atoms with Gasteiger partial charge in [0.25, 0.3) is 0 Å². The molecule has 4 aromatic rings. The molecule has 10 heterocycles. The molecule has 0 aliphatic carbocycles. The van der Waals surface area contributed by atoms with Gasteiger partial charge in [-0.3, -0.25) is 9.80 Å². The average Bonchev–Trinajstić information content (AvgIpc) is 3.64. The Balaban J connectivity index is 0.000000147. The molecule has 0 radical (unpaired) electrons. The summed E-state index contributed by atoms with van der Waals surface area (Å²) in [6.07, 6.45) is 4.64. The Hall–Kier alpha value is -1.81. The molecule has 3 N–H and O–H groups in total. The number of alkyl halides is 1. The van der Waals surface area contributed by atoms with E-state index < -0.39 is 23.1 Å². The van der Waals surface area contributed by atoms with Crippen LogP contribution in [0.25, 0.3) is 0 Å². The Morgan fingerprint density at radius 1 is 0.673 bits per heavy atom. The summed E-state index contributed by atoms with van der Waals surface area (Å²) in [5, 5.41) is 38.7. The van der Waals surface area contributed by atoms with Gasteiger partial charge in [0.15, 0.2) is 0 Å². The van der Waals surface area contributed by atoms with E-state index in [-0.39, 0.29) is 19.6 Å². The second-order valence-corrected chi connectivity index (χ2v) is 18.0. The number of thiophene rings is 4. The molecule has 0 spiro atoms. The van der Waals surface area contributed by atoms with Crippen molar-refractivity contribution in [1.82, 2.24) is 9.80 Å². The number of aliphatic hydroxyl groups excluding tert-OH is 1. The van der Waals surface area contributed by atoms with Crippen LogP contribution in [0.4, 0.5) is 0 Å². The van der Waals surface area contributed by atoms with Gasteiger partial charge in [0.05, 0.1) is 32.7 Å². The Bertz CT molecular complexity index is 1720. The largest absolute Gasteiger partial charge is 0.466 e. The Morgan fingerprint density at radius 3 is 1.31 bits per heavy atom. The number of piperidine rings is 2. The van der Waals surface area contributed by atoms with Crippen LogP contribution < -0.4 is 0 Å². The zero-order valence-corrected chi connectivity index (χ0v) is 36.7. The van der Waals surface area contributed by atoms with Gasteiger partial charge in [0.2, 0.25) is 11.2 Å². The number of aliphatic hydroxyl groups is 3. The van der Waals surface area contributed by atoms with Crippen molar-refractivity contribution in [2.75, 3.05) is 26.1 Å². The molecular formula is C39H48IN2O9S4-. The number of halogens is 1. The molecule has 4 bridgehead atoms. The van der Waals surface area contributed by atoms with E-state index in [4.69, 9.17) is 14.2 Å². The van der Waals surface area contributed by atoms with E-state index >= 15 is 0 Å². The van der Waals surface area contributed by atoms with E-state index in [1.165, 1.54) is 52.5 Å². The molecule has 6 saturated heterocycles. The van der Waals surface area contributed by atoms with E-state index in [0.29, 0.717) is 68.1 Å². The number of epoxide rings is 2. The lowest BCUT2D eigenvalue weighted by molar-refractivity contribution is -0.171. The number of likely N-dealkylation sites (N-methyl/N-ethyl adjacent to an activating group) is 2. The van der Waals surface area contributed by atoms with Gasteiger partial charge in [0.1, 0.15) is 30.5 Å². The van der Waals surface area contributed by atoms with Gasteiger partial charge in [-0.2, -0.15) is 0 Å². The van der Waals surface area contributed by atoms with E-state index in [1.54, 1.807) is 36.4 Å². The molecule has 8 atom stereocenters. The lowest BCUT2D eigenvalue weighted by atomic mass is 9.97. The third kappa shape index (κ3) is 8.00. The SMILES string of the molecule is CI.CN1C2CC(O)CC1C1OC12.CN1C2CC(OC(=O)C(O)(c3cccs3)c3cccs3)CC1C1OC12.COC(=O)C(O)(c1cccs1)c1cccs1.[CH3-]. The number of carbonyl (C=O) groups excluding carboxylic acids is 2. The predicted octanol–water partition coefficient (Wildman–Crippen LogP) is 5.51. The van der Waals surface area contributed by atoms with Gasteiger partial charge in [-0.1, -0.05) is 46.9 Å². The number of carbonyl (C=O) groups is 2. The Labute approximate surface area is 351 Å². The molecule has 4 aromatic heterocycles. The fraction of sp³-hybridized carbons (Fsp3) is 0.513. The van der Waals surface area contributed by atoms with Crippen LogP contribution in [0, 0.1) is 7.43 Å². The second kappa shape index (κ2) is 17.6. The third-order valence-corrected chi connectivity index (χ3v) is 15.2. The van der Waals surface area contributed by atoms with Crippen LogP contribution in [0.2, 0.25) is 0 Å². The number of esters is 2. The number of methoxy groups -OCH3 is 1. The molecule has 6 aliphatic heterocycles. The fourth-order valence-electron chi connectivity index (χ4n) is 8.48. The number of nitrogens with zero attached hydrogens (tertiary/aromatic N) is 2. The van der Waals surface area contributed by atoms with Crippen LogP contribution >= 0.6 is 67.9 Å². The van der Waals surface area contributed by atoms with Crippen molar-refractivity contribution in [3.63, 3.8) is 0 Å². The van der Waals surface area contributed by atoms with Crippen LogP contribution in [0.15, 0.2) is 70.1 Å².